The largest absolute Gasteiger partial charge is 0.379 e. The number of nitrogens with zero attached hydrogens (tertiary/aromatic N) is 4. The molecule has 134 valence electrons. The molecule has 3 aromatic rings. The van der Waals surface area contributed by atoms with Crippen LogP contribution in [-0.4, -0.2) is 58.2 Å². The molecule has 1 saturated heterocycles. The van der Waals surface area contributed by atoms with E-state index in [0.717, 1.165) is 50.4 Å². The number of benzene rings is 1. The molecule has 26 heavy (non-hydrogen) atoms. The van der Waals surface area contributed by atoms with Gasteiger partial charge in [-0.3, -0.25) is 20.0 Å². The fourth-order valence-corrected chi connectivity index (χ4v) is 3.14. The van der Waals surface area contributed by atoms with Gasteiger partial charge >= 0.3 is 0 Å². The molecule has 0 atom stereocenters. The van der Waals surface area contributed by atoms with E-state index in [1.807, 2.05) is 24.3 Å². The molecule has 1 fully saturated rings. The molecular formula is C19H21N5O2. The average molecular weight is 351 g/mol. The van der Waals surface area contributed by atoms with Crippen LogP contribution in [-0.2, 0) is 11.3 Å². The molecule has 7 nitrogen and oxygen atoms in total. The molecule has 2 aromatic heterocycles. The number of amides is 1. The van der Waals surface area contributed by atoms with Crippen LogP contribution in [0.15, 0.2) is 48.8 Å². The highest BCUT2D eigenvalue weighted by atomic mass is 16.5. The summed E-state index contributed by atoms with van der Waals surface area (Å²) in [7, 11) is 0. The summed E-state index contributed by atoms with van der Waals surface area (Å²) < 4.78 is 7.48. The first kappa shape index (κ1) is 16.7. The maximum absolute atomic E-state index is 12.5. The van der Waals surface area contributed by atoms with E-state index in [-0.39, 0.29) is 5.91 Å². The lowest BCUT2D eigenvalue weighted by Gasteiger charge is -2.26. The number of fused-ring (bicyclic) bond motifs is 1. The van der Waals surface area contributed by atoms with Crippen molar-refractivity contribution in [2.75, 3.05) is 38.2 Å². The summed E-state index contributed by atoms with van der Waals surface area (Å²) in [5.74, 6) is 0.386. The zero-order valence-corrected chi connectivity index (χ0v) is 14.5. The van der Waals surface area contributed by atoms with Crippen molar-refractivity contribution in [3.8, 4) is 0 Å². The topological polar surface area (TPSA) is 72.3 Å². The van der Waals surface area contributed by atoms with Gasteiger partial charge in [-0.05, 0) is 24.3 Å². The van der Waals surface area contributed by atoms with Gasteiger partial charge in [-0.2, -0.15) is 0 Å². The Bertz CT molecular complexity index is 887. The van der Waals surface area contributed by atoms with Crippen molar-refractivity contribution in [3.05, 3.63) is 54.4 Å². The normalized spacial score (nSPS) is 15.2. The first-order valence-electron chi connectivity index (χ1n) is 8.78. The summed E-state index contributed by atoms with van der Waals surface area (Å²) in [6.45, 7) is 5.07. The first-order valence-corrected chi connectivity index (χ1v) is 8.78. The summed E-state index contributed by atoms with van der Waals surface area (Å²) in [5.41, 5.74) is 2.46. The minimum absolute atomic E-state index is 0.185. The third-order valence-corrected chi connectivity index (χ3v) is 4.57. The van der Waals surface area contributed by atoms with E-state index in [1.54, 1.807) is 24.5 Å². The smallest absolute Gasteiger partial charge is 0.258 e. The number of para-hydroxylation sites is 2. The second-order valence-corrected chi connectivity index (χ2v) is 6.22. The van der Waals surface area contributed by atoms with Gasteiger partial charge in [-0.25, -0.2) is 4.98 Å². The molecule has 1 aromatic carbocycles. The van der Waals surface area contributed by atoms with Crippen LogP contribution >= 0.6 is 0 Å². The predicted molar refractivity (Wildman–Crippen MR) is 99.2 cm³/mol. The van der Waals surface area contributed by atoms with E-state index in [4.69, 9.17) is 4.74 Å². The Morgan fingerprint density at radius 1 is 1.08 bits per heavy atom. The predicted octanol–water partition coefficient (Wildman–Crippen LogP) is 2.02. The first-order chi connectivity index (χ1) is 12.8. The molecule has 0 spiro atoms. The third-order valence-electron chi connectivity index (χ3n) is 4.57. The van der Waals surface area contributed by atoms with Gasteiger partial charge in [-0.15, -0.1) is 0 Å². The zero-order chi connectivity index (χ0) is 17.8. The SMILES string of the molecule is O=C(Nc1nc2ccccc2n1CCN1CCOCC1)c1ccncc1. The van der Waals surface area contributed by atoms with Crippen LogP contribution in [0, 0.1) is 0 Å². The Morgan fingerprint density at radius 3 is 2.65 bits per heavy atom. The van der Waals surface area contributed by atoms with E-state index < -0.39 is 0 Å². The van der Waals surface area contributed by atoms with Crippen molar-refractivity contribution in [1.29, 1.82) is 0 Å². The summed E-state index contributed by atoms with van der Waals surface area (Å²) in [4.78, 5) is 23.5. The highest BCUT2D eigenvalue weighted by Crippen LogP contribution is 2.20. The number of ether oxygens (including phenoxy) is 1. The number of rotatable bonds is 5. The standard InChI is InChI=1S/C19H21N5O2/c25-18(15-5-7-20-8-6-15)22-19-21-16-3-1-2-4-17(16)24(19)10-9-23-11-13-26-14-12-23/h1-8H,9-14H2,(H,21,22,25). The summed E-state index contributed by atoms with van der Waals surface area (Å²) in [6, 6.07) is 11.3. The van der Waals surface area contributed by atoms with Gasteiger partial charge in [0.25, 0.3) is 5.91 Å². The lowest BCUT2D eigenvalue weighted by Crippen LogP contribution is -2.38. The Balaban J connectivity index is 1.57. The van der Waals surface area contributed by atoms with Gasteiger partial charge in [0.1, 0.15) is 0 Å². The molecule has 7 heteroatoms. The number of hydrogen-bond acceptors (Lipinski definition) is 5. The van der Waals surface area contributed by atoms with Crippen LogP contribution in [0.3, 0.4) is 0 Å². The van der Waals surface area contributed by atoms with Gasteiger partial charge in [0, 0.05) is 44.1 Å². The van der Waals surface area contributed by atoms with Gasteiger partial charge in [0.15, 0.2) is 0 Å². The van der Waals surface area contributed by atoms with Crippen molar-refractivity contribution in [1.82, 2.24) is 19.4 Å². The molecule has 4 rings (SSSR count). The lowest BCUT2D eigenvalue weighted by molar-refractivity contribution is 0.0366. The Kier molecular flexibility index (Phi) is 4.90. The van der Waals surface area contributed by atoms with Crippen molar-refractivity contribution in [2.45, 2.75) is 6.54 Å². The maximum atomic E-state index is 12.5. The van der Waals surface area contributed by atoms with Crippen LogP contribution in [0.2, 0.25) is 0 Å². The van der Waals surface area contributed by atoms with E-state index in [1.165, 1.54) is 0 Å². The second kappa shape index (κ2) is 7.63. The van der Waals surface area contributed by atoms with Crippen molar-refractivity contribution >= 4 is 22.9 Å². The summed E-state index contributed by atoms with van der Waals surface area (Å²) >= 11 is 0. The van der Waals surface area contributed by atoms with Gasteiger partial charge in [0.05, 0.1) is 24.2 Å². The van der Waals surface area contributed by atoms with E-state index >= 15 is 0 Å². The molecular weight excluding hydrogens is 330 g/mol. The number of anilines is 1. The molecule has 1 aliphatic heterocycles. The summed E-state index contributed by atoms with van der Waals surface area (Å²) in [6.07, 6.45) is 3.21. The van der Waals surface area contributed by atoms with Gasteiger partial charge in [-0.1, -0.05) is 12.1 Å². The van der Waals surface area contributed by atoms with Crippen molar-refractivity contribution in [2.24, 2.45) is 0 Å². The van der Waals surface area contributed by atoms with Crippen LogP contribution in [0.5, 0.6) is 0 Å². The molecule has 1 aliphatic rings. The third kappa shape index (κ3) is 3.58. The number of aromatic nitrogens is 3. The lowest BCUT2D eigenvalue weighted by atomic mass is 10.2. The average Bonchev–Trinajstić information content (AvgIpc) is 3.05. The monoisotopic (exact) mass is 351 g/mol. The Hall–Kier alpha value is -2.77. The molecule has 0 aliphatic carbocycles. The number of imidazole rings is 1. The molecule has 0 bridgehead atoms. The molecule has 0 radical (unpaired) electrons. The highest BCUT2D eigenvalue weighted by Gasteiger charge is 2.16. The minimum Gasteiger partial charge on any atom is -0.379 e. The van der Waals surface area contributed by atoms with Crippen molar-refractivity contribution < 1.29 is 9.53 Å². The van der Waals surface area contributed by atoms with E-state index in [9.17, 15) is 4.79 Å². The number of nitrogens with one attached hydrogen (secondary N) is 1. The second-order valence-electron chi connectivity index (χ2n) is 6.22. The molecule has 1 N–H and O–H groups in total. The highest BCUT2D eigenvalue weighted by molar-refractivity contribution is 6.04. The van der Waals surface area contributed by atoms with Gasteiger partial charge < -0.3 is 9.30 Å². The van der Waals surface area contributed by atoms with E-state index in [0.29, 0.717) is 11.5 Å². The Labute approximate surface area is 151 Å². The van der Waals surface area contributed by atoms with Crippen molar-refractivity contribution in [3.63, 3.8) is 0 Å². The molecule has 0 saturated carbocycles. The zero-order valence-electron chi connectivity index (χ0n) is 14.5. The number of carbonyl (C=O) groups is 1. The number of morpholine rings is 1. The van der Waals surface area contributed by atoms with Crippen LogP contribution in [0.1, 0.15) is 10.4 Å². The van der Waals surface area contributed by atoms with Crippen LogP contribution < -0.4 is 5.32 Å². The maximum Gasteiger partial charge on any atom is 0.258 e. The van der Waals surface area contributed by atoms with Crippen LogP contribution in [0.4, 0.5) is 5.95 Å². The molecule has 0 unspecified atom stereocenters. The number of pyridine rings is 1. The minimum atomic E-state index is -0.185. The quantitative estimate of drug-likeness (QED) is 0.761. The number of carbonyl (C=O) groups excluding carboxylic acids is 1. The fraction of sp³-hybridized carbons (Fsp3) is 0.316. The van der Waals surface area contributed by atoms with E-state index in [2.05, 4.69) is 24.8 Å². The van der Waals surface area contributed by atoms with Crippen LogP contribution in [0.25, 0.3) is 11.0 Å². The summed E-state index contributed by atoms with van der Waals surface area (Å²) in [5, 5.41) is 2.95. The number of hydrogen-bond donors (Lipinski definition) is 1. The molecule has 3 heterocycles. The Morgan fingerprint density at radius 2 is 1.85 bits per heavy atom. The van der Waals surface area contributed by atoms with Gasteiger partial charge in [0.2, 0.25) is 5.95 Å². The molecule has 1 amide bonds. The fourth-order valence-electron chi connectivity index (χ4n) is 3.14.